The van der Waals surface area contributed by atoms with Crippen LogP contribution in [-0.2, 0) is 0 Å². The van der Waals surface area contributed by atoms with Gasteiger partial charge in [0.2, 0.25) is 0 Å². The first-order chi connectivity index (χ1) is 7.02. The summed E-state index contributed by atoms with van der Waals surface area (Å²) in [5, 5.41) is 19.9. The zero-order chi connectivity index (χ0) is 12.6. The number of allylic oxidation sites excluding steroid dienone is 1. The second-order valence-electron chi connectivity index (χ2n) is 6.24. The Morgan fingerprint density at radius 3 is 2.38 bits per heavy atom. The molecule has 0 aromatic rings. The second-order valence-corrected chi connectivity index (χ2v) is 6.24. The van der Waals surface area contributed by atoms with E-state index in [0.717, 1.165) is 12.0 Å². The topological polar surface area (TPSA) is 40.5 Å². The van der Waals surface area contributed by atoms with Gasteiger partial charge in [0.25, 0.3) is 0 Å². The van der Waals surface area contributed by atoms with E-state index in [1.54, 1.807) is 13.8 Å². The molecule has 2 heteroatoms. The molecule has 16 heavy (non-hydrogen) atoms. The summed E-state index contributed by atoms with van der Waals surface area (Å²) < 4.78 is 0. The molecule has 0 saturated carbocycles. The Kier molecular flexibility index (Phi) is 3.24. The molecule has 0 aromatic heterocycles. The van der Waals surface area contributed by atoms with E-state index in [1.807, 2.05) is 13.0 Å². The molecule has 0 radical (unpaired) electrons. The van der Waals surface area contributed by atoms with E-state index >= 15 is 0 Å². The summed E-state index contributed by atoms with van der Waals surface area (Å²) in [7, 11) is 0. The normalized spacial score (nSPS) is 29.1. The van der Waals surface area contributed by atoms with Crippen molar-refractivity contribution in [1.82, 2.24) is 0 Å². The van der Waals surface area contributed by atoms with Gasteiger partial charge in [-0.3, -0.25) is 0 Å². The van der Waals surface area contributed by atoms with Crippen LogP contribution >= 0.6 is 0 Å². The first-order valence-electron chi connectivity index (χ1n) is 5.69. The van der Waals surface area contributed by atoms with E-state index in [1.165, 1.54) is 0 Å². The molecule has 2 N–H and O–H groups in total. The standard InChI is InChI=1S/C14H22O2/c1-11-8-12(2,3)10-14(16,9-11)7-6-13(4,5)15/h9,15-16H,8,10H2,1-5H3. The minimum Gasteiger partial charge on any atom is -0.378 e. The van der Waals surface area contributed by atoms with Crippen LogP contribution in [0.15, 0.2) is 11.6 Å². The predicted octanol–water partition coefficient (Wildman–Crippen LogP) is 2.26. The summed E-state index contributed by atoms with van der Waals surface area (Å²) in [4.78, 5) is 0. The van der Waals surface area contributed by atoms with Crippen LogP contribution in [0.25, 0.3) is 0 Å². The molecule has 1 unspecified atom stereocenters. The van der Waals surface area contributed by atoms with Crippen LogP contribution in [0.3, 0.4) is 0 Å². The average molecular weight is 222 g/mol. The molecule has 0 heterocycles. The van der Waals surface area contributed by atoms with Gasteiger partial charge in [-0.2, -0.15) is 0 Å². The van der Waals surface area contributed by atoms with Gasteiger partial charge in [0.15, 0.2) is 0 Å². The van der Waals surface area contributed by atoms with E-state index in [-0.39, 0.29) is 5.41 Å². The quantitative estimate of drug-likeness (QED) is 0.487. The molecule has 0 amide bonds. The molecule has 1 atom stereocenters. The largest absolute Gasteiger partial charge is 0.378 e. The molecule has 0 bridgehead atoms. The predicted molar refractivity (Wildman–Crippen MR) is 65.8 cm³/mol. The average Bonchev–Trinajstić information content (AvgIpc) is 1.94. The van der Waals surface area contributed by atoms with E-state index in [0.29, 0.717) is 6.42 Å². The lowest BCUT2D eigenvalue weighted by molar-refractivity contribution is 0.0797. The van der Waals surface area contributed by atoms with Gasteiger partial charge in [-0.15, -0.1) is 0 Å². The van der Waals surface area contributed by atoms with Crippen LogP contribution in [-0.4, -0.2) is 21.4 Å². The Morgan fingerprint density at radius 2 is 1.94 bits per heavy atom. The van der Waals surface area contributed by atoms with Gasteiger partial charge < -0.3 is 10.2 Å². The first-order valence-corrected chi connectivity index (χ1v) is 5.69. The second kappa shape index (κ2) is 3.91. The third-order valence-corrected chi connectivity index (χ3v) is 2.58. The lowest BCUT2D eigenvalue weighted by atomic mass is 9.71. The van der Waals surface area contributed by atoms with Crippen molar-refractivity contribution in [2.45, 2.75) is 58.7 Å². The zero-order valence-corrected chi connectivity index (χ0v) is 10.9. The molecule has 0 spiro atoms. The van der Waals surface area contributed by atoms with Gasteiger partial charge in [-0.25, -0.2) is 0 Å². The van der Waals surface area contributed by atoms with Crippen molar-refractivity contribution in [2.75, 3.05) is 0 Å². The molecule has 1 rings (SSSR count). The summed E-state index contributed by atoms with van der Waals surface area (Å²) in [6.07, 6.45) is 3.41. The van der Waals surface area contributed by atoms with Crippen LogP contribution in [0.2, 0.25) is 0 Å². The van der Waals surface area contributed by atoms with Crippen LogP contribution in [0, 0.1) is 17.3 Å². The third kappa shape index (κ3) is 4.00. The molecule has 1 aliphatic rings. The number of rotatable bonds is 0. The van der Waals surface area contributed by atoms with Crippen molar-refractivity contribution in [2.24, 2.45) is 5.41 Å². The van der Waals surface area contributed by atoms with Gasteiger partial charge in [0.1, 0.15) is 11.2 Å². The fraction of sp³-hybridized carbons (Fsp3) is 0.714. The highest BCUT2D eigenvalue weighted by Crippen LogP contribution is 2.39. The maximum Gasteiger partial charge on any atom is 0.144 e. The third-order valence-electron chi connectivity index (χ3n) is 2.58. The Labute approximate surface area is 98.4 Å². The highest BCUT2D eigenvalue weighted by molar-refractivity contribution is 5.31. The monoisotopic (exact) mass is 222 g/mol. The van der Waals surface area contributed by atoms with Crippen LogP contribution in [0.1, 0.15) is 47.5 Å². The molecular weight excluding hydrogens is 200 g/mol. The summed E-state index contributed by atoms with van der Waals surface area (Å²) in [5.74, 6) is 5.50. The van der Waals surface area contributed by atoms with Gasteiger partial charge in [-0.05, 0) is 45.1 Å². The fourth-order valence-corrected chi connectivity index (χ4v) is 2.40. The van der Waals surface area contributed by atoms with Crippen molar-refractivity contribution in [3.63, 3.8) is 0 Å². The number of aliphatic hydroxyl groups is 2. The van der Waals surface area contributed by atoms with E-state index < -0.39 is 11.2 Å². The highest BCUT2D eigenvalue weighted by atomic mass is 16.3. The SMILES string of the molecule is CC1=CC(O)(C#CC(C)(C)O)CC(C)(C)C1. The summed E-state index contributed by atoms with van der Waals surface area (Å²) in [5.41, 5.74) is -0.934. The van der Waals surface area contributed by atoms with Crippen molar-refractivity contribution < 1.29 is 10.2 Å². The Hall–Kier alpha value is -0.780. The van der Waals surface area contributed by atoms with Crippen LogP contribution < -0.4 is 0 Å². The van der Waals surface area contributed by atoms with Crippen molar-refractivity contribution >= 4 is 0 Å². The lowest BCUT2D eigenvalue weighted by Gasteiger charge is -2.36. The van der Waals surface area contributed by atoms with Crippen molar-refractivity contribution in [3.8, 4) is 11.8 Å². The van der Waals surface area contributed by atoms with Gasteiger partial charge in [0, 0.05) is 0 Å². The van der Waals surface area contributed by atoms with Gasteiger partial charge in [0.05, 0.1) is 0 Å². The van der Waals surface area contributed by atoms with Crippen LogP contribution in [0.4, 0.5) is 0 Å². The van der Waals surface area contributed by atoms with Crippen LogP contribution in [0.5, 0.6) is 0 Å². The molecule has 1 aliphatic carbocycles. The van der Waals surface area contributed by atoms with E-state index in [9.17, 15) is 10.2 Å². The highest BCUT2D eigenvalue weighted by Gasteiger charge is 2.36. The maximum atomic E-state index is 10.4. The van der Waals surface area contributed by atoms with E-state index in [4.69, 9.17) is 0 Å². The molecule has 0 fully saturated rings. The molecular formula is C14H22O2. The van der Waals surface area contributed by atoms with Crippen molar-refractivity contribution in [1.29, 1.82) is 0 Å². The smallest absolute Gasteiger partial charge is 0.144 e. The Bertz CT molecular complexity index is 360. The minimum atomic E-state index is -1.09. The number of hydrogen-bond donors (Lipinski definition) is 2. The van der Waals surface area contributed by atoms with Gasteiger partial charge >= 0.3 is 0 Å². The molecule has 2 nitrogen and oxygen atoms in total. The fourth-order valence-electron chi connectivity index (χ4n) is 2.40. The van der Waals surface area contributed by atoms with E-state index in [2.05, 4.69) is 25.7 Å². The number of hydrogen-bond acceptors (Lipinski definition) is 2. The van der Waals surface area contributed by atoms with Gasteiger partial charge in [-0.1, -0.05) is 31.3 Å². The summed E-state index contributed by atoms with van der Waals surface area (Å²) >= 11 is 0. The first kappa shape index (κ1) is 13.3. The summed E-state index contributed by atoms with van der Waals surface area (Å²) in [6, 6.07) is 0. The maximum absolute atomic E-state index is 10.4. The molecule has 0 aliphatic heterocycles. The Morgan fingerprint density at radius 1 is 1.38 bits per heavy atom. The minimum absolute atomic E-state index is 0.0574. The summed E-state index contributed by atoms with van der Waals surface area (Å²) in [6.45, 7) is 9.50. The Balaban J connectivity index is 3.01. The zero-order valence-electron chi connectivity index (χ0n) is 10.9. The van der Waals surface area contributed by atoms with Crippen molar-refractivity contribution in [3.05, 3.63) is 11.6 Å². The lowest BCUT2D eigenvalue weighted by Crippen LogP contribution is -2.36. The molecule has 0 saturated heterocycles. The molecule has 0 aromatic carbocycles. The molecule has 90 valence electrons.